The molecule has 0 fully saturated rings. The van der Waals surface area contributed by atoms with Crippen molar-refractivity contribution >= 4 is 11.8 Å². The molecule has 8 heavy (non-hydrogen) atoms. The lowest BCUT2D eigenvalue weighted by Crippen LogP contribution is -1.74. The molecule has 0 atom stereocenters. The van der Waals surface area contributed by atoms with Crippen molar-refractivity contribution in [3.8, 4) is 0 Å². The summed E-state index contributed by atoms with van der Waals surface area (Å²) in [5.41, 5.74) is 0. The molecule has 1 heteroatoms. The van der Waals surface area contributed by atoms with E-state index in [1.165, 1.54) is 5.75 Å². The Kier molecular flexibility index (Phi) is 5.29. The molecule has 0 aromatic carbocycles. The monoisotopic (exact) mass is 130 g/mol. The predicted molar refractivity (Wildman–Crippen MR) is 42.1 cm³/mol. The summed E-state index contributed by atoms with van der Waals surface area (Å²) >= 11 is 1.86. The van der Waals surface area contributed by atoms with Crippen LogP contribution in [0, 0.1) is 5.92 Å². The molecule has 0 rings (SSSR count). The highest BCUT2D eigenvalue weighted by atomic mass is 32.2. The Morgan fingerprint density at radius 3 is 2.50 bits per heavy atom. The third-order valence-corrected chi connectivity index (χ3v) is 1.41. The van der Waals surface area contributed by atoms with Crippen LogP contribution in [0.3, 0.4) is 0 Å². The van der Waals surface area contributed by atoms with E-state index < -0.39 is 0 Å². The van der Waals surface area contributed by atoms with Crippen LogP contribution < -0.4 is 0 Å². The zero-order chi connectivity index (χ0) is 6.41. The van der Waals surface area contributed by atoms with Gasteiger partial charge in [0.25, 0.3) is 0 Å². The molecule has 0 radical (unpaired) electrons. The Hall–Kier alpha value is 0.0900. The lowest BCUT2D eigenvalue weighted by molar-refractivity contribution is 0.834. The largest absolute Gasteiger partial charge is 0.135 e. The lowest BCUT2D eigenvalue weighted by atomic mass is 10.2. The molecule has 0 aliphatic heterocycles. The molecule has 0 heterocycles. The molecule has 0 spiro atoms. The lowest BCUT2D eigenvalue weighted by Gasteiger charge is -1.90. The average Bonchev–Trinajstić information content (AvgIpc) is 1.66. The predicted octanol–water partition coefficient (Wildman–Crippen LogP) is 2.91. The van der Waals surface area contributed by atoms with Crippen molar-refractivity contribution in [2.45, 2.75) is 20.8 Å². The average molecular weight is 130 g/mol. The first-order valence-corrected chi connectivity index (χ1v) is 4.10. The van der Waals surface area contributed by atoms with E-state index in [0.717, 1.165) is 0 Å². The van der Waals surface area contributed by atoms with E-state index >= 15 is 0 Å². The zero-order valence-corrected chi connectivity index (χ0v) is 6.66. The Labute approximate surface area is 56.4 Å². The van der Waals surface area contributed by atoms with Gasteiger partial charge in [0.1, 0.15) is 0 Å². The maximum atomic E-state index is 2.22. The molecule has 0 aliphatic rings. The molecule has 0 aromatic heterocycles. The third kappa shape index (κ3) is 6.09. The van der Waals surface area contributed by atoms with Gasteiger partial charge in [0, 0.05) is 0 Å². The van der Waals surface area contributed by atoms with Crippen molar-refractivity contribution in [3.63, 3.8) is 0 Å². The summed E-state index contributed by atoms with van der Waals surface area (Å²) in [7, 11) is 0. The van der Waals surface area contributed by atoms with Gasteiger partial charge in [0.2, 0.25) is 0 Å². The first-order valence-electron chi connectivity index (χ1n) is 3.05. The standard InChI is InChI=1S/C7H14S/c1-4-8-6-5-7(2)3/h5-7H,4H2,1-3H3. The molecule has 0 amide bonds. The highest BCUT2D eigenvalue weighted by Gasteiger charge is 1.80. The van der Waals surface area contributed by atoms with Gasteiger partial charge in [0.15, 0.2) is 0 Å². The highest BCUT2D eigenvalue weighted by Crippen LogP contribution is 2.03. The Morgan fingerprint density at radius 1 is 1.50 bits per heavy atom. The van der Waals surface area contributed by atoms with Gasteiger partial charge < -0.3 is 0 Å². The van der Waals surface area contributed by atoms with E-state index in [0.29, 0.717) is 5.92 Å². The van der Waals surface area contributed by atoms with Crippen LogP contribution in [0.25, 0.3) is 0 Å². The van der Waals surface area contributed by atoms with Crippen molar-refractivity contribution in [1.82, 2.24) is 0 Å². The van der Waals surface area contributed by atoms with E-state index in [9.17, 15) is 0 Å². The molecule has 0 saturated heterocycles. The Balaban J connectivity index is 3.07. The number of thioether (sulfide) groups is 1. The molecule has 0 N–H and O–H groups in total. The molecule has 0 saturated carbocycles. The summed E-state index contributed by atoms with van der Waals surface area (Å²) in [4.78, 5) is 0. The molecule has 0 aromatic rings. The van der Waals surface area contributed by atoms with Crippen LogP contribution in [0.2, 0.25) is 0 Å². The first-order chi connectivity index (χ1) is 3.77. The van der Waals surface area contributed by atoms with Crippen LogP contribution >= 0.6 is 11.8 Å². The Bertz CT molecular complexity index is 64.8. The van der Waals surface area contributed by atoms with Gasteiger partial charge in [0.05, 0.1) is 0 Å². The molecule has 48 valence electrons. The van der Waals surface area contributed by atoms with Crippen LogP contribution in [0.1, 0.15) is 20.8 Å². The topological polar surface area (TPSA) is 0 Å². The fourth-order valence-corrected chi connectivity index (χ4v) is 0.927. The van der Waals surface area contributed by atoms with Gasteiger partial charge in [-0.2, -0.15) is 0 Å². The van der Waals surface area contributed by atoms with Gasteiger partial charge in [-0.15, -0.1) is 11.8 Å². The van der Waals surface area contributed by atoms with Gasteiger partial charge in [-0.05, 0) is 17.1 Å². The van der Waals surface area contributed by atoms with Crippen LogP contribution in [0.15, 0.2) is 11.5 Å². The van der Waals surface area contributed by atoms with Crippen molar-refractivity contribution in [1.29, 1.82) is 0 Å². The van der Waals surface area contributed by atoms with Gasteiger partial charge in [-0.25, -0.2) is 0 Å². The molecule has 0 bridgehead atoms. The second kappa shape index (κ2) is 5.23. The maximum Gasteiger partial charge on any atom is -0.00546 e. The molecular weight excluding hydrogens is 116 g/mol. The number of hydrogen-bond acceptors (Lipinski definition) is 1. The van der Waals surface area contributed by atoms with Crippen molar-refractivity contribution in [2.24, 2.45) is 5.92 Å². The number of allylic oxidation sites excluding steroid dienone is 1. The van der Waals surface area contributed by atoms with Gasteiger partial charge in [-0.1, -0.05) is 26.8 Å². The summed E-state index contributed by atoms with van der Waals surface area (Å²) in [6, 6.07) is 0. The molecule has 0 aliphatic carbocycles. The van der Waals surface area contributed by atoms with E-state index in [4.69, 9.17) is 0 Å². The normalized spacial score (nSPS) is 11.5. The minimum Gasteiger partial charge on any atom is -0.135 e. The Morgan fingerprint density at radius 2 is 2.12 bits per heavy atom. The van der Waals surface area contributed by atoms with Crippen LogP contribution in [0.4, 0.5) is 0 Å². The SMILES string of the molecule is CCSC=CC(C)C. The second-order valence-electron chi connectivity index (χ2n) is 2.03. The van der Waals surface area contributed by atoms with Crippen molar-refractivity contribution in [3.05, 3.63) is 11.5 Å². The van der Waals surface area contributed by atoms with Crippen LogP contribution in [0.5, 0.6) is 0 Å². The molecule has 0 nitrogen and oxygen atoms in total. The minimum atomic E-state index is 0.703. The minimum absolute atomic E-state index is 0.703. The summed E-state index contributed by atoms with van der Waals surface area (Å²) in [5.74, 6) is 1.89. The van der Waals surface area contributed by atoms with Crippen LogP contribution in [-0.2, 0) is 0 Å². The molecular formula is C7H14S. The fraction of sp³-hybridized carbons (Fsp3) is 0.714. The van der Waals surface area contributed by atoms with E-state index in [2.05, 4.69) is 32.3 Å². The van der Waals surface area contributed by atoms with E-state index in [1.54, 1.807) is 0 Å². The number of rotatable bonds is 3. The van der Waals surface area contributed by atoms with Gasteiger partial charge in [-0.3, -0.25) is 0 Å². The summed E-state index contributed by atoms with van der Waals surface area (Å²) in [5, 5.41) is 2.17. The summed E-state index contributed by atoms with van der Waals surface area (Å²) < 4.78 is 0. The summed E-state index contributed by atoms with van der Waals surface area (Å²) in [6.45, 7) is 6.54. The van der Waals surface area contributed by atoms with Crippen LogP contribution in [-0.4, -0.2) is 5.75 Å². The van der Waals surface area contributed by atoms with E-state index in [1.807, 2.05) is 11.8 Å². The smallest absolute Gasteiger partial charge is 0.00546 e. The zero-order valence-electron chi connectivity index (χ0n) is 5.85. The van der Waals surface area contributed by atoms with Crippen molar-refractivity contribution in [2.75, 3.05) is 5.75 Å². The maximum absolute atomic E-state index is 2.22. The quantitative estimate of drug-likeness (QED) is 0.566. The summed E-state index contributed by atoms with van der Waals surface area (Å²) in [6.07, 6.45) is 2.22. The van der Waals surface area contributed by atoms with Gasteiger partial charge >= 0.3 is 0 Å². The highest BCUT2D eigenvalue weighted by molar-refractivity contribution is 8.02. The number of hydrogen-bond donors (Lipinski definition) is 0. The fourth-order valence-electron chi connectivity index (χ4n) is 0.309. The first kappa shape index (κ1) is 8.09. The second-order valence-corrected chi connectivity index (χ2v) is 3.21. The van der Waals surface area contributed by atoms with Crippen molar-refractivity contribution < 1.29 is 0 Å². The van der Waals surface area contributed by atoms with E-state index in [-0.39, 0.29) is 0 Å². The molecule has 0 unspecified atom stereocenters. The third-order valence-electron chi connectivity index (χ3n) is 0.726.